The molecule has 0 radical (unpaired) electrons. The summed E-state index contributed by atoms with van der Waals surface area (Å²) >= 11 is 0. The van der Waals surface area contributed by atoms with Gasteiger partial charge in [0.1, 0.15) is 23.1 Å². The number of ether oxygens (including phenoxy) is 1. The highest BCUT2D eigenvalue weighted by Gasteiger charge is 2.16. The number of methoxy groups -OCH3 is 1. The number of nitrogens with one attached hydrogen (secondary N) is 3. The predicted molar refractivity (Wildman–Crippen MR) is 174 cm³/mol. The second-order valence-electron chi connectivity index (χ2n) is 12.1. The molecule has 0 saturated heterocycles. The summed E-state index contributed by atoms with van der Waals surface area (Å²) in [4.78, 5) is 9.02. The maximum Gasteiger partial charge on any atom is 0.247 e. The van der Waals surface area contributed by atoms with Crippen molar-refractivity contribution in [3.8, 4) is 17.2 Å². The molecule has 0 spiro atoms. The molecule has 0 saturated carbocycles. The molecule has 0 unspecified atom stereocenters. The van der Waals surface area contributed by atoms with E-state index in [1.807, 2.05) is 48.5 Å². The first-order chi connectivity index (χ1) is 20.3. The van der Waals surface area contributed by atoms with Gasteiger partial charge in [-0.15, -0.1) is 0 Å². The summed E-state index contributed by atoms with van der Waals surface area (Å²) in [6.45, 7) is 12.6. The summed E-state index contributed by atoms with van der Waals surface area (Å²) < 4.78 is 5.46. The van der Waals surface area contributed by atoms with Crippen LogP contribution in [-0.2, 0) is 10.8 Å². The van der Waals surface area contributed by atoms with E-state index in [9.17, 15) is 10.2 Å². The molecule has 0 atom stereocenters. The molecule has 0 aliphatic rings. The Morgan fingerprint density at radius 1 is 0.698 bits per heavy atom. The minimum atomic E-state index is -0.0860. The normalized spacial score (nSPS) is 12.1. The largest absolute Gasteiger partial charge is 0.507 e. The number of phenols is 2. The van der Waals surface area contributed by atoms with Gasteiger partial charge in [0.25, 0.3) is 0 Å². The van der Waals surface area contributed by atoms with Crippen molar-refractivity contribution in [2.75, 3.05) is 23.3 Å². The van der Waals surface area contributed by atoms with Gasteiger partial charge >= 0.3 is 0 Å². The molecule has 10 nitrogen and oxygen atoms in total. The first-order valence-corrected chi connectivity index (χ1v) is 13.9. The Balaban J connectivity index is 1.62. The molecule has 0 aliphatic carbocycles. The fraction of sp³-hybridized carbons (Fsp3) is 0.273. The van der Waals surface area contributed by atoms with E-state index in [1.54, 1.807) is 25.3 Å². The highest BCUT2D eigenvalue weighted by Crippen LogP contribution is 2.29. The summed E-state index contributed by atoms with van der Waals surface area (Å²) in [6, 6.07) is 20.1. The van der Waals surface area contributed by atoms with Crippen molar-refractivity contribution >= 4 is 35.7 Å². The molecule has 5 N–H and O–H groups in total. The van der Waals surface area contributed by atoms with Crippen LogP contribution in [0.3, 0.4) is 0 Å². The zero-order valence-electron chi connectivity index (χ0n) is 25.6. The van der Waals surface area contributed by atoms with Crippen LogP contribution in [-0.4, -0.2) is 39.7 Å². The second kappa shape index (κ2) is 12.8. The predicted octanol–water partition coefficient (Wildman–Crippen LogP) is 7.13. The summed E-state index contributed by atoms with van der Waals surface area (Å²) in [6.07, 6.45) is 3.06. The molecule has 10 heteroatoms. The van der Waals surface area contributed by atoms with Gasteiger partial charge in [0.15, 0.2) is 5.82 Å². The molecule has 0 fully saturated rings. The number of aromatic hydroxyl groups is 2. The zero-order valence-corrected chi connectivity index (χ0v) is 25.6. The van der Waals surface area contributed by atoms with E-state index in [4.69, 9.17) is 4.74 Å². The Morgan fingerprint density at radius 3 is 1.79 bits per heavy atom. The van der Waals surface area contributed by atoms with E-state index in [-0.39, 0.29) is 28.3 Å². The monoisotopic (exact) mass is 581 g/mol. The molecule has 224 valence electrons. The Morgan fingerprint density at radius 2 is 1.23 bits per heavy atom. The number of hydrazone groups is 2. The lowest BCUT2D eigenvalue weighted by atomic mass is 9.86. The average Bonchev–Trinajstić information content (AvgIpc) is 2.94. The lowest BCUT2D eigenvalue weighted by molar-refractivity contribution is 0.417. The topological polar surface area (TPSA) is 136 Å². The molecule has 3 aromatic carbocycles. The third-order valence-electron chi connectivity index (χ3n) is 6.63. The number of hydrogen-bond acceptors (Lipinski definition) is 10. The van der Waals surface area contributed by atoms with Crippen LogP contribution < -0.4 is 20.9 Å². The van der Waals surface area contributed by atoms with E-state index in [0.717, 1.165) is 11.1 Å². The van der Waals surface area contributed by atoms with Crippen LogP contribution in [0.4, 0.5) is 23.3 Å². The first-order valence-electron chi connectivity index (χ1n) is 13.9. The molecule has 0 bridgehead atoms. The molecule has 1 heterocycles. The molecule has 0 amide bonds. The number of benzene rings is 3. The molecule has 0 aliphatic heterocycles. The van der Waals surface area contributed by atoms with Crippen molar-refractivity contribution in [2.24, 2.45) is 10.2 Å². The van der Waals surface area contributed by atoms with Crippen molar-refractivity contribution in [3.05, 3.63) is 89.0 Å². The molecular formula is C33H39N7O3. The molecule has 1 aromatic heterocycles. The number of phenolic OH excluding ortho intramolecular Hbond substituents is 2. The summed E-state index contributed by atoms with van der Waals surface area (Å²) in [5.74, 6) is 1.87. The lowest BCUT2D eigenvalue weighted by Crippen LogP contribution is -2.11. The maximum atomic E-state index is 10.4. The molecule has 4 rings (SSSR count). The standard InChI is InChI=1S/C33H39N7O3/c1-32(2,3)23-12-14-26(41)21(16-23)19-34-39-30-18-29(36-25-10-8-9-11-28(25)43-7)37-31(38-30)40-35-20-22-17-24(33(4,5)6)13-15-27(22)42/h8-20,41-42H,1-7H3,(H3,36,37,38,39,40). The summed E-state index contributed by atoms with van der Waals surface area (Å²) in [5, 5.41) is 32.6. The van der Waals surface area contributed by atoms with Gasteiger partial charge < -0.3 is 20.3 Å². The average molecular weight is 582 g/mol. The van der Waals surface area contributed by atoms with Crippen molar-refractivity contribution in [2.45, 2.75) is 52.4 Å². The highest BCUT2D eigenvalue weighted by atomic mass is 16.5. The van der Waals surface area contributed by atoms with Crippen LogP contribution in [0.1, 0.15) is 63.8 Å². The molecule has 4 aromatic rings. The van der Waals surface area contributed by atoms with Gasteiger partial charge in [-0.3, -0.25) is 5.43 Å². The second-order valence-corrected chi connectivity index (χ2v) is 12.1. The molecular weight excluding hydrogens is 542 g/mol. The minimum absolute atomic E-state index is 0.0820. The van der Waals surface area contributed by atoms with Gasteiger partial charge in [-0.25, -0.2) is 5.43 Å². The van der Waals surface area contributed by atoms with Crippen LogP contribution in [0.2, 0.25) is 0 Å². The van der Waals surface area contributed by atoms with Crippen molar-refractivity contribution in [3.63, 3.8) is 0 Å². The van der Waals surface area contributed by atoms with Crippen molar-refractivity contribution in [1.82, 2.24) is 9.97 Å². The maximum absolute atomic E-state index is 10.4. The third-order valence-corrected chi connectivity index (χ3v) is 6.63. The minimum Gasteiger partial charge on any atom is -0.507 e. The Kier molecular flexibility index (Phi) is 9.18. The van der Waals surface area contributed by atoms with Gasteiger partial charge in [0.2, 0.25) is 5.95 Å². The number of aromatic nitrogens is 2. The van der Waals surface area contributed by atoms with Gasteiger partial charge in [0, 0.05) is 17.2 Å². The van der Waals surface area contributed by atoms with E-state index < -0.39 is 0 Å². The van der Waals surface area contributed by atoms with E-state index >= 15 is 0 Å². The summed E-state index contributed by atoms with van der Waals surface area (Å²) in [5.41, 5.74) is 9.57. The Labute approximate surface area is 252 Å². The smallest absolute Gasteiger partial charge is 0.247 e. The van der Waals surface area contributed by atoms with E-state index in [0.29, 0.717) is 34.2 Å². The van der Waals surface area contributed by atoms with Crippen LogP contribution in [0.15, 0.2) is 76.9 Å². The van der Waals surface area contributed by atoms with Crippen molar-refractivity contribution < 1.29 is 14.9 Å². The van der Waals surface area contributed by atoms with Gasteiger partial charge in [0.05, 0.1) is 25.2 Å². The number of hydrogen-bond donors (Lipinski definition) is 5. The van der Waals surface area contributed by atoms with Gasteiger partial charge in [-0.1, -0.05) is 65.8 Å². The third kappa shape index (κ3) is 8.22. The van der Waals surface area contributed by atoms with Crippen LogP contribution in [0.25, 0.3) is 0 Å². The van der Waals surface area contributed by atoms with E-state index in [2.05, 4.69) is 77.9 Å². The molecule has 43 heavy (non-hydrogen) atoms. The SMILES string of the molecule is COc1ccccc1Nc1cc(NN=Cc2cc(C(C)(C)C)ccc2O)nc(NN=Cc2cc(C(C)(C)C)ccc2O)n1. The summed E-state index contributed by atoms with van der Waals surface area (Å²) in [7, 11) is 1.60. The fourth-order valence-corrected chi connectivity index (χ4v) is 4.08. The number of para-hydroxylation sites is 2. The number of anilines is 4. The van der Waals surface area contributed by atoms with E-state index in [1.165, 1.54) is 12.4 Å². The lowest BCUT2D eigenvalue weighted by Gasteiger charge is -2.19. The first kappa shape index (κ1) is 30.8. The highest BCUT2D eigenvalue weighted by molar-refractivity contribution is 5.85. The quantitative estimate of drug-likeness (QED) is 0.104. The van der Waals surface area contributed by atoms with Crippen LogP contribution in [0.5, 0.6) is 17.2 Å². The number of nitrogens with zero attached hydrogens (tertiary/aromatic N) is 4. The van der Waals surface area contributed by atoms with Crippen molar-refractivity contribution in [1.29, 1.82) is 0 Å². The van der Waals surface area contributed by atoms with Crippen LogP contribution >= 0.6 is 0 Å². The van der Waals surface area contributed by atoms with Gasteiger partial charge in [-0.2, -0.15) is 20.2 Å². The number of rotatable bonds is 9. The Bertz CT molecular complexity index is 1540. The van der Waals surface area contributed by atoms with Gasteiger partial charge in [-0.05, 0) is 58.4 Å². The Hall–Kier alpha value is -5.12. The fourth-order valence-electron chi connectivity index (χ4n) is 4.08. The van der Waals surface area contributed by atoms with Crippen LogP contribution in [0, 0.1) is 0 Å². The zero-order chi connectivity index (χ0) is 31.2.